The van der Waals surface area contributed by atoms with Gasteiger partial charge in [-0.25, -0.2) is 4.39 Å². The number of hydrogen-bond donors (Lipinski definition) is 1. The fourth-order valence-electron chi connectivity index (χ4n) is 1.46. The number of aryl methyl sites for hydroxylation is 1. The minimum absolute atomic E-state index is 0.0205. The Bertz CT molecular complexity index is 443. The second-order valence-corrected chi connectivity index (χ2v) is 3.30. The number of amides is 1. The third-order valence-electron chi connectivity index (χ3n) is 2.07. The van der Waals surface area contributed by atoms with Gasteiger partial charge in [0.05, 0.1) is 18.4 Å². The number of halogens is 1. The first kappa shape index (κ1) is 12.2. The van der Waals surface area contributed by atoms with E-state index in [1.165, 1.54) is 20.1 Å². The third-order valence-corrected chi connectivity index (χ3v) is 2.07. The second-order valence-electron chi connectivity index (χ2n) is 3.30. The summed E-state index contributed by atoms with van der Waals surface area (Å²) in [4.78, 5) is 21.6. The lowest BCUT2D eigenvalue weighted by atomic mass is 10.1. The van der Waals surface area contributed by atoms with E-state index in [0.29, 0.717) is 11.8 Å². The van der Waals surface area contributed by atoms with Gasteiger partial charge in [0.1, 0.15) is 5.75 Å². The molecule has 0 atom stereocenters. The van der Waals surface area contributed by atoms with Gasteiger partial charge in [0.2, 0.25) is 5.91 Å². The average Bonchev–Trinajstić information content (AvgIpc) is 2.21. The number of benzene rings is 1. The smallest absolute Gasteiger partial charge is 0.221 e. The number of ether oxygens (including phenoxy) is 1. The van der Waals surface area contributed by atoms with Crippen molar-refractivity contribution < 1.29 is 18.7 Å². The molecule has 4 nitrogen and oxygen atoms in total. The molecule has 0 aliphatic heterocycles. The molecule has 1 rings (SSSR count). The molecule has 0 saturated carbocycles. The minimum Gasteiger partial charge on any atom is -0.496 e. The van der Waals surface area contributed by atoms with Crippen LogP contribution in [0.3, 0.4) is 0 Å². The van der Waals surface area contributed by atoms with Crippen LogP contribution >= 0.6 is 0 Å². The molecule has 1 N–H and O–H groups in total. The fraction of sp³-hybridized carbons (Fsp3) is 0.273. The fourth-order valence-corrected chi connectivity index (χ4v) is 1.46. The standard InChI is InChI=1S/C11H12FNO3/c1-6-4-9(13-7(2)15)10(12)8(5-14)11(6)16-3/h4-5H,1-3H3,(H,13,15). The summed E-state index contributed by atoms with van der Waals surface area (Å²) >= 11 is 0. The number of rotatable bonds is 3. The van der Waals surface area contributed by atoms with E-state index in [1.807, 2.05) is 0 Å². The van der Waals surface area contributed by atoms with E-state index in [4.69, 9.17) is 4.74 Å². The molecule has 86 valence electrons. The van der Waals surface area contributed by atoms with Crippen molar-refractivity contribution in [2.24, 2.45) is 0 Å². The van der Waals surface area contributed by atoms with Crippen LogP contribution in [0.15, 0.2) is 6.07 Å². The maximum atomic E-state index is 13.7. The van der Waals surface area contributed by atoms with Gasteiger partial charge in [0.15, 0.2) is 12.1 Å². The predicted octanol–water partition coefficient (Wildman–Crippen LogP) is 1.91. The predicted molar refractivity (Wildman–Crippen MR) is 57.4 cm³/mol. The van der Waals surface area contributed by atoms with Crippen molar-refractivity contribution in [2.45, 2.75) is 13.8 Å². The molecule has 0 aliphatic carbocycles. The van der Waals surface area contributed by atoms with Crippen LogP contribution in [-0.4, -0.2) is 19.3 Å². The first-order valence-electron chi connectivity index (χ1n) is 4.61. The molecular formula is C11H12FNO3. The second kappa shape index (κ2) is 4.74. The molecule has 0 aliphatic rings. The molecule has 16 heavy (non-hydrogen) atoms. The van der Waals surface area contributed by atoms with Gasteiger partial charge in [-0.3, -0.25) is 9.59 Å². The van der Waals surface area contributed by atoms with E-state index in [-0.39, 0.29) is 17.0 Å². The zero-order chi connectivity index (χ0) is 12.3. The molecule has 1 aromatic carbocycles. The van der Waals surface area contributed by atoms with Gasteiger partial charge in [0.25, 0.3) is 0 Å². The summed E-state index contributed by atoms with van der Waals surface area (Å²) in [6.07, 6.45) is 0.368. The molecule has 0 bridgehead atoms. The van der Waals surface area contributed by atoms with Crippen LogP contribution in [-0.2, 0) is 4.79 Å². The average molecular weight is 225 g/mol. The van der Waals surface area contributed by atoms with Crippen LogP contribution in [0.25, 0.3) is 0 Å². The topological polar surface area (TPSA) is 55.4 Å². The molecule has 0 fully saturated rings. The number of hydrogen-bond acceptors (Lipinski definition) is 3. The summed E-state index contributed by atoms with van der Waals surface area (Å²) in [5.74, 6) is -1.01. The summed E-state index contributed by atoms with van der Waals surface area (Å²) in [5, 5.41) is 2.31. The Morgan fingerprint density at radius 2 is 2.19 bits per heavy atom. The van der Waals surface area contributed by atoms with Gasteiger partial charge in [-0.2, -0.15) is 0 Å². The van der Waals surface area contributed by atoms with Crippen molar-refractivity contribution in [1.29, 1.82) is 0 Å². The van der Waals surface area contributed by atoms with Crippen molar-refractivity contribution in [3.8, 4) is 5.75 Å². The molecule has 0 saturated heterocycles. The van der Waals surface area contributed by atoms with Crippen LogP contribution in [0.2, 0.25) is 0 Å². The van der Waals surface area contributed by atoms with E-state index in [2.05, 4.69) is 5.32 Å². The van der Waals surface area contributed by atoms with Gasteiger partial charge >= 0.3 is 0 Å². The first-order chi connectivity index (χ1) is 7.51. The number of aldehydes is 1. The Morgan fingerprint density at radius 3 is 2.62 bits per heavy atom. The van der Waals surface area contributed by atoms with Crippen molar-refractivity contribution in [1.82, 2.24) is 0 Å². The Kier molecular flexibility index (Phi) is 3.60. The lowest BCUT2D eigenvalue weighted by Gasteiger charge is -2.12. The molecular weight excluding hydrogens is 213 g/mol. The van der Waals surface area contributed by atoms with E-state index < -0.39 is 11.7 Å². The monoisotopic (exact) mass is 225 g/mol. The zero-order valence-corrected chi connectivity index (χ0v) is 9.26. The van der Waals surface area contributed by atoms with Crippen molar-refractivity contribution in [3.05, 3.63) is 23.0 Å². The first-order valence-corrected chi connectivity index (χ1v) is 4.61. The summed E-state index contributed by atoms with van der Waals surface area (Å²) < 4.78 is 18.7. The van der Waals surface area contributed by atoms with Crippen LogP contribution < -0.4 is 10.1 Å². The lowest BCUT2D eigenvalue weighted by Crippen LogP contribution is -2.10. The molecule has 0 heterocycles. The van der Waals surface area contributed by atoms with Crippen LogP contribution in [0.1, 0.15) is 22.8 Å². The van der Waals surface area contributed by atoms with E-state index in [9.17, 15) is 14.0 Å². The Labute approximate surface area is 92.4 Å². The van der Waals surface area contributed by atoms with Gasteiger partial charge in [-0.15, -0.1) is 0 Å². The van der Waals surface area contributed by atoms with Crippen molar-refractivity contribution in [3.63, 3.8) is 0 Å². The maximum Gasteiger partial charge on any atom is 0.221 e. The highest BCUT2D eigenvalue weighted by Crippen LogP contribution is 2.30. The van der Waals surface area contributed by atoms with Gasteiger partial charge in [-0.1, -0.05) is 0 Å². The molecule has 0 aromatic heterocycles. The Morgan fingerprint density at radius 1 is 1.56 bits per heavy atom. The molecule has 0 unspecified atom stereocenters. The highest BCUT2D eigenvalue weighted by molar-refractivity contribution is 5.91. The molecule has 0 spiro atoms. The molecule has 1 amide bonds. The molecule has 1 aromatic rings. The van der Waals surface area contributed by atoms with Crippen LogP contribution in [0.5, 0.6) is 5.75 Å². The summed E-state index contributed by atoms with van der Waals surface area (Å²) in [7, 11) is 1.35. The number of nitrogens with one attached hydrogen (secondary N) is 1. The van der Waals surface area contributed by atoms with Gasteiger partial charge in [0, 0.05) is 6.92 Å². The summed E-state index contributed by atoms with van der Waals surface area (Å²) in [6, 6.07) is 1.42. The van der Waals surface area contributed by atoms with Crippen molar-refractivity contribution in [2.75, 3.05) is 12.4 Å². The third kappa shape index (κ3) is 2.18. The number of methoxy groups -OCH3 is 1. The maximum absolute atomic E-state index is 13.7. The van der Waals surface area contributed by atoms with E-state index in [0.717, 1.165) is 0 Å². The van der Waals surface area contributed by atoms with Gasteiger partial charge in [-0.05, 0) is 18.6 Å². The molecule has 0 radical (unpaired) electrons. The SMILES string of the molecule is COc1c(C)cc(NC(C)=O)c(F)c1C=O. The van der Waals surface area contributed by atoms with Crippen LogP contribution in [0.4, 0.5) is 10.1 Å². The number of carbonyl (C=O) groups excluding carboxylic acids is 2. The molecule has 5 heteroatoms. The van der Waals surface area contributed by atoms with Crippen molar-refractivity contribution >= 4 is 17.9 Å². The highest BCUT2D eigenvalue weighted by Gasteiger charge is 2.17. The lowest BCUT2D eigenvalue weighted by molar-refractivity contribution is -0.114. The quantitative estimate of drug-likeness (QED) is 0.799. The largest absolute Gasteiger partial charge is 0.496 e. The summed E-state index contributed by atoms with van der Waals surface area (Å²) in [6.45, 7) is 2.93. The minimum atomic E-state index is -0.785. The van der Waals surface area contributed by atoms with E-state index in [1.54, 1.807) is 6.92 Å². The Hall–Kier alpha value is -1.91. The van der Waals surface area contributed by atoms with Crippen LogP contribution in [0, 0.1) is 12.7 Å². The number of carbonyl (C=O) groups is 2. The Balaban J connectivity index is 3.39. The highest BCUT2D eigenvalue weighted by atomic mass is 19.1. The zero-order valence-electron chi connectivity index (χ0n) is 9.26. The number of anilines is 1. The normalized spacial score (nSPS) is 9.75. The van der Waals surface area contributed by atoms with E-state index >= 15 is 0 Å². The summed E-state index contributed by atoms with van der Waals surface area (Å²) in [5.41, 5.74) is 0.369. The van der Waals surface area contributed by atoms with Gasteiger partial charge < -0.3 is 10.1 Å².